The molecule has 0 amide bonds. The predicted molar refractivity (Wildman–Crippen MR) is 101 cm³/mol. The molecule has 3 rings (SSSR count). The summed E-state index contributed by atoms with van der Waals surface area (Å²) in [5, 5.41) is 27.0. The largest absolute Gasteiger partial charge is 0.504 e. The number of aromatic hydroxyl groups is 2. The lowest BCUT2D eigenvalue weighted by Crippen LogP contribution is -2.15. The lowest BCUT2D eigenvalue weighted by atomic mass is 10.0. The maximum absolute atomic E-state index is 12.8. The van der Waals surface area contributed by atoms with Crippen LogP contribution in [0.15, 0.2) is 89.1 Å². The molecule has 0 atom stereocenters. The van der Waals surface area contributed by atoms with Gasteiger partial charge in [-0.15, -0.1) is 5.10 Å². The Kier molecular flexibility index (Phi) is 5.19. The topological polar surface area (TPSA) is 82.2 Å². The second-order valence-electron chi connectivity index (χ2n) is 5.50. The molecule has 2 N–H and O–H groups in total. The van der Waals surface area contributed by atoms with Gasteiger partial charge in [-0.05, 0) is 23.8 Å². The average Bonchev–Trinajstić information content (AvgIpc) is 2.69. The quantitative estimate of drug-likeness (QED) is 0.320. The van der Waals surface area contributed by atoms with Crippen LogP contribution in [-0.2, 0) is 0 Å². The zero-order chi connectivity index (χ0) is 18.4. The van der Waals surface area contributed by atoms with E-state index in [1.165, 1.54) is 18.3 Å². The van der Waals surface area contributed by atoms with E-state index in [1.807, 2.05) is 24.3 Å². The standard InChI is InChI=1S/C21H16N2O3/c24-18-12-11-15(13-19(18)25)14-22-23-20(16-7-3-1-4-8-16)21(26)17-9-5-2-6-10-17/h1-14,24-25H/b22-14?,23-20-. The van der Waals surface area contributed by atoms with Gasteiger partial charge in [0.2, 0.25) is 5.78 Å². The number of hydrogen-bond acceptors (Lipinski definition) is 5. The van der Waals surface area contributed by atoms with Crippen LogP contribution >= 0.6 is 0 Å². The molecule has 0 heterocycles. The van der Waals surface area contributed by atoms with Gasteiger partial charge >= 0.3 is 0 Å². The summed E-state index contributed by atoms with van der Waals surface area (Å²) in [7, 11) is 0. The van der Waals surface area contributed by atoms with Gasteiger partial charge in [0.1, 0.15) is 5.71 Å². The van der Waals surface area contributed by atoms with Crippen molar-refractivity contribution in [3.63, 3.8) is 0 Å². The van der Waals surface area contributed by atoms with E-state index in [4.69, 9.17) is 0 Å². The molecule has 0 aliphatic heterocycles. The van der Waals surface area contributed by atoms with Crippen molar-refractivity contribution in [1.82, 2.24) is 0 Å². The fourth-order valence-electron chi connectivity index (χ4n) is 2.33. The average molecular weight is 344 g/mol. The first-order chi connectivity index (χ1) is 12.6. The Morgan fingerprint density at radius 2 is 1.38 bits per heavy atom. The monoisotopic (exact) mass is 344 g/mol. The maximum atomic E-state index is 12.8. The fraction of sp³-hybridized carbons (Fsp3) is 0. The van der Waals surface area contributed by atoms with Gasteiger partial charge in [0.05, 0.1) is 6.21 Å². The Bertz CT molecular complexity index is 965. The van der Waals surface area contributed by atoms with Crippen molar-refractivity contribution in [1.29, 1.82) is 0 Å². The Balaban J connectivity index is 1.95. The van der Waals surface area contributed by atoms with Gasteiger partial charge in [0.15, 0.2) is 11.5 Å². The smallest absolute Gasteiger partial charge is 0.213 e. The van der Waals surface area contributed by atoms with Crippen molar-refractivity contribution in [2.24, 2.45) is 10.2 Å². The summed E-state index contributed by atoms with van der Waals surface area (Å²) in [5.74, 6) is -0.695. The molecule has 0 bridgehead atoms. The summed E-state index contributed by atoms with van der Waals surface area (Å²) >= 11 is 0. The van der Waals surface area contributed by atoms with Crippen molar-refractivity contribution < 1.29 is 15.0 Å². The first-order valence-electron chi connectivity index (χ1n) is 7.93. The highest BCUT2D eigenvalue weighted by atomic mass is 16.3. The number of carbonyl (C=O) groups excluding carboxylic acids is 1. The summed E-state index contributed by atoms with van der Waals surface area (Å²) in [5.41, 5.74) is 1.94. The van der Waals surface area contributed by atoms with Crippen LogP contribution in [0.2, 0.25) is 0 Å². The molecule has 0 radical (unpaired) electrons. The molecular formula is C21H16N2O3. The van der Waals surface area contributed by atoms with E-state index in [0.29, 0.717) is 16.7 Å². The molecule has 3 aromatic carbocycles. The van der Waals surface area contributed by atoms with Crippen molar-refractivity contribution >= 4 is 17.7 Å². The number of rotatable bonds is 5. The molecule has 0 unspecified atom stereocenters. The van der Waals surface area contributed by atoms with E-state index < -0.39 is 0 Å². The third-order valence-electron chi connectivity index (χ3n) is 3.66. The third kappa shape index (κ3) is 4.02. The molecule has 5 heteroatoms. The highest BCUT2D eigenvalue weighted by molar-refractivity contribution is 6.51. The number of nitrogens with zero attached hydrogens (tertiary/aromatic N) is 2. The van der Waals surface area contributed by atoms with E-state index in [0.717, 1.165) is 0 Å². The minimum absolute atomic E-state index is 0.213. The molecular weight excluding hydrogens is 328 g/mol. The van der Waals surface area contributed by atoms with Gasteiger partial charge in [-0.1, -0.05) is 60.7 Å². The summed E-state index contributed by atoms with van der Waals surface area (Å²) in [6, 6.07) is 22.3. The molecule has 0 saturated carbocycles. The lowest BCUT2D eigenvalue weighted by molar-refractivity contribution is 0.106. The second-order valence-corrected chi connectivity index (χ2v) is 5.50. The van der Waals surface area contributed by atoms with Gasteiger partial charge in [0, 0.05) is 11.1 Å². The molecule has 0 saturated heterocycles. The number of hydrogen-bond donors (Lipinski definition) is 2. The Hall–Kier alpha value is -3.73. The van der Waals surface area contributed by atoms with Crippen LogP contribution in [0.5, 0.6) is 11.5 Å². The van der Waals surface area contributed by atoms with Crippen LogP contribution < -0.4 is 0 Å². The number of ketones is 1. The summed E-state index contributed by atoms with van der Waals surface area (Å²) in [4.78, 5) is 12.8. The van der Waals surface area contributed by atoms with E-state index in [-0.39, 0.29) is 23.0 Å². The summed E-state index contributed by atoms with van der Waals surface area (Å²) in [6.45, 7) is 0. The molecule has 0 aliphatic carbocycles. The first kappa shape index (κ1) is 17.1. The highest BCUT2D eigenvalue weighted by Crippen LogP contribution is 2.24. The second kappa shape index (κ2) is 7.90. The number of phenolic OH excluding ortho intramolecular Hbond substituents is 2. The van der Waals surface area contributed by atoms with Crippen molar-refractivity contribution in [2.45, 2.75) is 0 Å². The molecule has 128 valence electrons. The van der Waals surface area contributed by atoms with Crippen molar-refractivity contribution in [3.8, 4) is 11.5 Å². The SMILES string of the molecule is O=C(/C(=N\N=Cc1ccc(O)c(O)c1)c1ccccc1)c1ccccc1. The van der Waals surface area contributed by atoms with Crippen LogP contribution in [0, 0.1) is 0 Å². The molecule has 0 fully saturated rings. The Labute approximate surface area is 150 Å². The van der Waals surface area contributed by atoms with E-state index in [1.54, 1.807) is 42.5 Å². The van der Waals surface area contributed by atoms with E-state index in [9.17, 15) is 15.0 Å². The fourth-order valence-corrected chi connectivity index (χ4v) is 2.33. The highest BCUT2D eigenvalue weighted by Gasteiger charge is 2.15. The number of carbonyl (C=O) groups is 1. The number of benzene rings is 3. The minimum atomic E-state index is -0.249. The Morgan fingerprint density at radius 3 is 2.00 bits per heavy atom. The minimum Gasteiger partial charge on any atom is -0.504 e. The number of Topliss-reactive ketones (excluding diaryl/α,β-unsaturated/α-hetero) is 1. The molecule has 26 heavy (non-hydrogen) atoms. The van der Waals surface area contributed by atoms with Crippen LogP contribution in [0.25, 0.3) is 0 Å². The van der Waals surface area contributed by atoms with Gasteiger partial charge < -0.3 is 10.2 Å². The molecule has 5 nitrogen and oxygen atoms in total. The van der Waals surface area contributed by atoms with Crippen LogP contribution in [0.3, 0.4) is 0 Å². The van der Waals surface area contributed by atoms with Crippen molar-refractivity contribution in [3.05, 3.63) is 95.6 Å². The zero-order valence-corrected chi connectivity index (χ0v) is 13.8. The van der Waals surface area contributed by atoms with Gasteiger partial charge in [0.25, 0.3) is 0 Å². The van der Waals surface area contributed by atoms with Crippen LogP contribution in [0.4, 0.5) is 0 Å². The Morgan fingerprint density at radius 1 is 0.769 bits per heavy atom. The summed E-state index contributed by atoms with van der Waals surface area (Å²) < 4.78 is 0. The van der Waals surface area contributed by atoms with Gasteiger partial charge in [-0.3, -0.25) is 4.79 Å². The third-order valence-corrected chi connectivity index (χ3v) is 3.66. The van der Waals surface area contributed by atoms with Crippen LogP contribution in [0.1, 0.15) is 21.5 Å². The van der Waals surface area contributed by atoms with Gasteiger partial charge in [-0.25, -0.2) is 0 Å². The van der Waals surface area contributed by atoms with E-state index in [2.05, 4.69) is 10.2 Å². The molecule has 0 spiro atoms. The first-order valence-corrected chi connectivity index (χ1v) is 7.93. The van der Waals surface area contributed by atoms with Gasteiger partial charge in [-0.2, -0.15) is 5.10 Å². The predicted octanol–water partition coefficient (Wildman–Crippen LogP) is 3.80. The molecule has 0 aliphatic rings. The summed E-state index contributed by atoms with van der Waals surface area (Å²) in [6.07, 6.45) is 1.40. The molecule has 0 aromatic heterocycles. The molecule has 3 aromatic rings. The lowest BCUT2D eigenvalue weighted by Gasteiger charge is -2.04. The van der Waals surface area contributed by atoms with E-state index >= 15 is 0 Å². The normalized spacial score (nSPS) is 11.6. The zero-order valence-electron chi connectivity index (χ0n) is 13.8. The number of phenols is 2. The van der Waals surface area contributed by atoms with Crippen molar-refractivity contribution in [2.75, 3.05) is 0 Å². The van der Waals surface area contributed by atoms with Crippen LogP contribution in [-0.4, -0.2) is 27.9 Å². The maximum Gasteiger partial charge on any atom is 0.213 e.